The van der Waals surface area contributed by atoms with Gasteiger partial charge in [0.05, 0.1) is 4.92 Å². The molecule has 1 heterocycles. The molecule has 1 saturated carbocycles. The minimum atomic E-state index is -0.405. The number of nitro groups is 1. The first-order valence-electron chi connectivity index (χ1n) is 6.11. The normalized spacial score (nSPS) is 16.8. The monoisotopic (exact) mass is 250 g/mol. The molecule has 1 aromatic heterocycles. The Morgan fingerprint density at radius 2 is 2.22 bits per heavy atom. The van der Waals surface area contributed by atoms with Crippen molar-refractivity contribution in [3.8, 4) is 0 Å². The molecule has 1 aliphatic carbocycles. The Labute approximate surface area is 106 Å². The fraction of sp³-hybridized carbons (Fsp3) is 0.583. The van der Waals surface area contributed by atoms with E-state index in [1.54, 1.807) is 13.1 Å². The Hall–Kier alpha value is -1.85. The molecule has 0 saturated heterocycles. The molecule has 6 nitrogen and oxygen atoms in total. The molecule has 0 aliphatic heterocycles. The van der Waals surface area contributed by atoms with Gasteiger partial charge in [-0.2, -0.15) is 0 Å². The number of nitrogens with zero attached hydrogens (tertiary/aromatic N) is 2. The van der Waals surface area contributed by atoms with Crippen LogP contribution in [0.2, 0.25) is 0 Å². The first-order chi connectivity index (χ1) is 8.54. The first-order valence-corrected chi connectivity index (χ1v) is 6.11. The van der Waals surface area contributed by atoms with Crippen LogP contribution >= 0.6 is 0 Å². The molecular formula is C12H18N4O2. The molecule has 98 valence electrons. The molecule has 1 aromatic rings. The SMILES string of the molecule is CNc1ccc([N+](=O)[O-])c(NCC2(C)CCC2)n1. The smallest absolute Gasteiger partial charge is 0.311 e. The molecular weight excluding hydrogens is 232 g/mol. The molecule has 0 aromatic carbocycles. The van der Waals surface area contributed by atoms with E-state index in [4.69, 9.17) is 0 Å². The van der Waals surface area contributed by atoms with Crippen molar-refractivity contribution in [2.45, 2.75) is 26.2 Å². The molecule has 2 rings (SSSR count). The Balaban J connectivity index is 2.15. The van der Waals surface area contributed by atoms with Gasteiger partial charge in [0, 0.05) is 19.7 Å². The fourth-order valence-corrected chi connectivity index (χ4v) is 2.12. The summed E-state index contributed by atoms with van der Waals surface area (Å²) in [6, 6.07) is 3.08. The van der Waals surface area contributed by atoms with Crippen molar-refractivity contribution in [2.75, 3.05) is 24.2 Å². The number of hydrogen-bond donors (Lipinski definition) is 2. The maximum absolute atomic E-state index is 10.9. The third-order valence-electron chi connectivity index (χ3n) is 3.57. The predicted molar refractivity (Wildman–Crippen MR) is 70.9 cm³/mol. The lowest BCUT2D eigenvalue weighted by atomic mass is 9.70. The van der Waals surface area contributed by atoms with Gasteiger partial charge in [-0.15, -0.1) is 0 Å². The summed E-state index contributed by atoms with van der Waals surface area (Å²) >= 11 is 0. The molecule has 0 amide bonds. The Morgan fingerprint density at radius 3 is 2.72 bits per heavy atom. The van der Waals surface area contributed by atoms with Gasteiger partial charge in [0.2, 0.25) is 5.82 Å². The Bertz CT molecular complexity index is 457. The predicted octanol–water partition coefficient (Wildman–Crippen LogP) is 2.63. The zero-order valence-corrected chi connectivity index (χ0v) is 10.7. The van der Waals surface area contributed by atoms with Crippen molar-refractivity contribution in [1.82, 2.24) is 4.98 Å². The van der Waals surface area contributed by atoms with E-state index in [-0.39, 0.29) is 11.1 Å². The van der Waals surface area contributed by atoms with Gasteiger partial charge in [0.15, 0.2) is 0 Å². The highest BCUT2D eigenvalue weighted by Gasteiger charge is 2.32. The summed E-state index contributed by atoms with van der Waals surface area (Å²) in [4.78, 5) is 14.7. The number of rotatable bonds is 5. The lowest BCUT2D eigenvalue weighted by Crippen LogP contribution is -2.33. The van der Waals surface area contributed by atoms with E-state index in [1.165, 1.54) is 25.3 Å². The first kappa shape index (κ1) is 12.6. The number of aromatic nitrogens is 1. The maximum atomic E-state index is 10.9. The van der Waals surface area contributed by atoms with Crippen LogP contribution in [0.25, 0.3) is 0 Å². The van der Waals surface area contributed by atoms with Crippen LogP contribution < -0.4 is 10.6 Å². The number of anilines is 2. The van der Waals surface area contributed by atoms with Crippen LogP contribution in [-0.4, -0.2) is 23.5 Å². The highest BCUT2D eigenvalue weighted by molar-refractivity contribution is 5.60. The number of hydrogen-bond acceptors (Lipinski definition) is 5. The van der Waals surface area contributed by atoms with Crippen LogP contribution in [0, 0.1) is 15.5 Å². The highest BCUT2D eigenvalue weighted by atomic mass is 16.6. The standard InChI is InChI=1S/C12H18N4O2/c1-12(6-3-7-12)8-14-11-9(16(17)18)4-5-10(13-2)15-11/h4-5H,3,6-8H2,1-2H3,(H2,13,14,15). The van der Waals surface area contributed by atoms with Crippen LogP contribution in [0.5, 0.6) is 0 Å². The van der Waals surface area contributed by atoms with Crippen molar-refractivity contribution in [3.63, 3.8) is 0 Å². The van der Waals surface area contributed by atoms with Gasteiger partial charge in [0.25, 0.3) is 0 Å². The summed E-state index contributed by atoms with van der Waals surface area (Å²) in [6.07, 6.45) is 3.57. The molecule has 0 spiro atoms. The van der Waals surface area contributed by atoms with Crippen LogP contribution in [0.3, 0.4) is 0 Å². The Kier molecular flexibility index (Phi) is 3.36. The third-order valence-corrected chi connectivity index (χ3v) is 3.57. The van der Waals surface area contributed by atoms with E-state index >= 15 is 0 Å². The van der Waals surface area contributed by atoms with Crippen molar-refractivity contribution < 1.29 is 4.92 Å². The topological polar surface area (TPSA) is 80.1 Å². The zero-order valence-electron chi connectivity index (χ0n) is 10.7. The minimum Gasteiger partial charge on any atom is -0.373 e. The molecule has 0 atom stereocenters. The van der Waals surface area contributed by atoms with Crippen molar-refractivity contribution in [1.29, 1.82) is 0 Å². The summed E-state index contributed by atoms with van der Waals surface area (Å²) in [5.74, 6) is 0.974. The summed E-state index contributed by atoms with van der Waals surface area (Å²) in [7, 11) is 1.74. The summed E-state index contributed by atoms with van der Waals surface area (Å²) in [5, 5.41) is 16.9. The molecule has 1 fully saturated rings. The second kappa shape index (κ2) is 4.80. The van der Waals surface area contributed by atoms with Gasteiger partial charge in [-0.05, 0) is 24.3 Å². The van der Waals surface area contributed by atoms with Gasteiger partial charge in [0.1, 0.15) is 5.82 Å². The van der Waals surface area contributed by atoms with Gasteiger partial charge < -0.3 is 10.6 Å². The largest absolute Gasteiger partial charge is 0.373 e. The molecule has 0 bridgehead atoms. The Morgan fingerprint density at radius 1 is 1.50 bits per heavy atom. The van der Waals surface area contributed by atoms with E-state index in [0.29, 0.717) is 11.6 Å². The van der Waals surface area contributed by atoms with Crippen LogP contribution in [0.15, 0.2) is 12.1 Å². The maximum Gasteiger partial charge on any atom is 0.311 e. The lowest BCUT2D eigenvalue weighted by Gasteiger charge is -2.38. The van der Waals surface area contributed by atoms with E-state index in [1.807, 2.05) is 0 Å². The van der Waals surface area contributed by atoms with E-state index in [0.717, 1.165) is 6.54 Å². The van der Waals surface area contributed by atoms with E-state index in [9.17, 15) is 10.1 Å². The second-order valence-corrected chi connectivity index (χ2v) is 5.09. The summed E-state index contributed by atoms with van der Waals surface area (Å²) < 4.78 is 0. The van der Waals surface area contributed by atoms with Gasteiger partial charge in [-0.1, -0.05) is 13.3 Å². The average Bonchev–Trinajstić information content (AvgIpc) is 2.33. The fourth-order valence-electron chi connectivity index (χ4n) is 2.12. The third kappa shape index (κ3) is 2.52. The van der Waals surface area contributed by atoms with Crippen LogP contribution in [-0.2, 0) is 0 Å². The van der Waals surface area contributed by atoms with Crippen LogP contribution in [0.1, 0.15) is 26.2 Å². The van der Waals surface area contributed by atoms with Gasteiger partial charge in [-0.25, -0.2) is 4.98 Å². The highest BCUT2D eigenvalue weighted by Crippen LogP contribution is 2.40. The molecule has 1 aliphatic rings. The van der Waals surface area contributed by atoms with Crippen molar-refractivity contribution >= 4 is 17.3 Å². The van der Waals surface area contributed by atoms with Gasteiger partial charge >= 0.3 is 5.69 Å². The molecule has 2 N–H and O–H groups in total. The summed E-state index contributed by atoms with van der Waals surface area (Å²) in [5.41, 5.74) is 0.280. The van der Waals surface area contributed by atoms with Crippen LogP contribution in [0.4, 0.5) is 17.3 Å². The molecule has 6 heteroatoms. The molecule has 0 unspecified atom stereocenters. The quantitative estimate of drug-likeness (QED) is 0.620. The molecule has 0 radical (unpaired) electrons. The zero-order chi connectivity index (χ0) is 13.2. The minimum absolute atomic E-state index is 0.0249. The lowest BCUT2D eigenvalue weighted by molar-refractivity contribution is -0.384. The van der Waals surface area contributed by atoms with E-state index < -0.39 is 4.92 Å². The van der Waals surface area contributed by atoms with Gasteiger partial charge in [-0.3, -0.25) is 10.1 Å². The van der Waals surface area contributed by atoms with E-state index in [2.05, 4.69) is 22.5 Å². The molecule has 18 heavy (non-hydrogen) atoms. The van der Waals surface area contributed by atoms with Crippen molar-refractivity contribution in [3.05, 3.63) is 22.2 Å². The summed E-state index contributed by atoms with van der Waals surface area (Å²) in [6.45, 7) is 2.92. The van der Waals surface area contributed by atoms with Crippen molar-refractivity contribution in [2.24, 2.45) is 5.41 Å². The number of nitrogens with one attached hydrogen (secondary N) is 2. The number of pyridine rings is 1. The average molecular weight is 250 g/mol. The second-order valence-electron chi connectivity index (χ2n) is 5.09.